The number of nitrogens with zero attached hydrogens (tertiary/aromatic N) is 4. The van der Waals surface area contributed by atoms with Gasteiger partial charge in [-0.1, -0.05) is 0 Å². The number of amides is 1. The third-order valence-corrected chi connectivity index (χ3v) is 5.04. The zero-order chi connectivity index (χ0) is 19.8. The second-order valence-electron chi connectivity index (χ2n) is 7.75. The number of hydrogen-bond acceptors (Lipinski definition) is 6. The van der Waals surface area contributed by atoms with E-state index < -0.39 is 16.4 Å². The van der Waals surface area contributed by atoms with Crippen LogP contribution in [0.25, 0.3) is 11.0 Å². The Morgan fingerprint density at radius 2 is 2.04 bits per heavy atom. The number of likely N-dealkylation sites (tertiary alicyclic amines) is 1. The van der Waals surface area contributed by atoms with Crippen LogP contribution in [0.15, 0.2) is 28.3 Å². The van der Waals surface area contributed by atoms with Crippen molar-refractivity contribution in [2.45, 2.75) is 44.5 Å². The normalized spacial score (nSPS) is 16.2. The number of pyridine rings is 1. The smallest absolute Gasteiger partial charge is 0.410 e. The van der Waals surface area contributed by atoms with Crippen LogP contribution in [0.2, 0.25) is 0 Å². The topological polar surface area (TPSA) is 94.4 Å². The molecule has 1 unspecified atom stereocenters. The van der Waals surface area contributed by atoms with Crippen molar-refractivity contribution in [1.82, 2.24) is 19.4 Å². The van der Waals surface area contributed by atoms with Gasteiger partial charge in [-0.2, -0.15) is 0 Å². The molecule has 0 spiro atoms. The lowest BCUT2D eigenvalue weighted by Crippen LogP contribution is -2.51. The van der Waals surface area contributed by atoms with Crippen LogP contribution in [0.1, 0.15) is 27.2 Å². The maximum absolute atomic E-state index is 12.3. The van der Waals surface area contributed by atoms with E-state index >= 15 is 0 Å². The van der Waals surface area contributed by atoms with Crippen LogP contribution in [-0.2, 0) is 22.1 Å². The Kier molecular flexibility index (Phi) is 5.32. The van der Waals surface area contributed by atoms with Gasteiger partial charge in [-0.05, 0) is 39.2 Å². The van der Waals surface area contributed by atoms with Crippen molar-refractivity contribution in [2.75, 3.05) is 19.3 Å². The Morgan fingerprint density at radius 3 is 2.67 bits per heavy atom. The van der Waals surface area contributed by atoms with Crippen LogP contribution >= 0.6 is 0 Å². The quantitative estimate of drug-likeness (QED) is 0.736. The summed E-state index contributed by atoms with van der Waals surface area (Å²) in [5.74, 6) is 0.307. The summed E-state index contributed by atoms with van der Waals surface area (Å²) in [5, 5.41) is 0.939. The summed E-state index contributed by atoms with van der Waals surface area (Å²) >= 11 is 0. The molecule has 2 aromatic rings. The number of hydrogen-bond donors (Lipinski definition) is 0. The molecule has 1 aliphatic heterocycles. The first-order chi connectivity index (χ1) is 12.6. The molecular weight excluding hydrogens is 368 g/mol. The fourth-order valence-corrected chi connectivity index (χ4v) is 3.37. The second-order valence-corrected chi connectivity index (χ2v) is 9.02. The summed E-state index contributed by atoms with van der Waals surface area (Å²) < 4.78 is 18.6. The van der Waals surface area contributed by atoms with Crippen LogP contribution < -0.4 is 5.56 Å². The average molecular weight is 392 g/mol. The van der Waals surface area contributed by atoms with Gasteiger partial charge in [-0.3, -0.25) is 13.6 Å². The molecule has 1 atom stereocenters. The number of ether oxygens (including phenoxy) is 1. The standard InChI is InChI=1S/C18H24N4O4S/c1-18(2,3)26-17(24)21-10-12(11-21)7-8-22-14(23)6-5-13-9-19-16(27(4)25)20-15(13)22/h5-6,9,12H,7-8,10-11H2,1-4H3. The van der Waals surface area contributed by atoms with Crippen molar-refractivity contribution in [3.63, 3.8) is 0 Å². The van der Waals surface area contributed by atoms with E-state index in [-0.39, 0.29) is 16.8 Å². The SMILES string of the molecule is CS(=O)c1ncc2ccc(=O)n(CCC3CN(C(=O)OC(C)(C)C)C3)c2n1. The van der Waals surface area contributed by atoms with E-state index in [0.717, 1.165) is 11.8 Å². The number of carbonyl (C=O) groups excluding carboxylic acids is 1. The number of aryl methyl sites for hydroxylation is 1. The molecule has 0 saturated carbocycles. The highest BCUT2D eigenvalue weighted by Crippen LogP contribution is 2.23. The molecule has 0 N–H and O–H groups in total. The Morgan fingerprint density at radius 1 is 1.33 bits per heavy atom. The van der Waals surface area contributed by atoms with Crippen molar-refractivity contribution in [1.29, 1.82) is 0 Å². The molecular formula is C18H24N4O4S. The number of fused-ring (bicyclic) bond motifs is 1. The first kappa shape index (κ1) is 19.5. The van der Waals surface area contributed by atoms with Gasteiger partial charge in [0.2, 0.25) is 5.16 Å². The van der Waals surface area contributed by atoms with E-state index in [4.69, 9.17) is 4.74 Å². The summed E-state index contributed by atoms with van der Waals surface area (Å²) in [6.45, 7) is 7.24. The van der Waals surface area contributed by atoms with Gasteiger partial charge >= 0.3 is 6.09 Å². The van der Waals surface area contributed by atoms with E-state index in [0.29, 0.717) is 31.2 Å². The summed E-state index contributed by atoms with van der Waals surface area (Å²) in [7, 11) is -1.32. The third kappa shape index (κ3) is 4.52. The molecule has 146 valence electrons. The van der Waals surface area contributed by atoms with E-state index in [2.05, 4.69) is 9.97 Å². The Bertz CT molecular complexity index is 945. The van der Waals surface area contributed by atoms with E-state index in [1.54, 1.807) is 21.7 Å². The molecule has 0 radical (unpaired) electrons. The van der Waals surface area contributed by atoms with Crippen molar-refractivity contribution in [2.24, 2.45) is 5.92 Å². The maximum atomic E-state index is 12.3. The first-order valence-electron chi connectivity index (χ1n) is 8.82. The number of rotatable bonds is 4. The summed E-state index contributed by atoms with van der Waals surface area (Å²) in [5.41, 5.74) is -0.168. The van der Waals surface area contributed by atoms with Crippen molar-refractivity contribution in [3.05, 3.63) is 28.7 Å². The molecule has 2 aromatic heterocycles. The fraction of sp³-hybridized carbons (Fsp3) is 0.556. The maximum Gasteiger partial charge on any atom is 0.410 e. The lowest BCUT2D eigenvalue weighted by Gasteiger charge is -2.39. The van der Waals surface area contributed by atoms with Gasteiger partial charge in [0.1, 0.15) is 11.2 Å². The summed E-state index contributed by atoms with van der Waals surface area (Å²) in [6, 6.07) is 3.16. The Hall–Kier alpha value is -2.29. The van der Waals surface area contributed by atoms with E-state index in [9.17, 15) is 13.8 Å². The van der Waals surface area contributed by atoms with E-state index in [1.165, 1.54) is 12.3 Å². The van der Waals surface area contributed by atoms with Crippen LogP contribution in [0.3, 0.4) is 0 Å². The number of aromatic nitrogens is 3. The second kappa shape index (κ2) is 7.38. The molecule has 1 fully saturated rings. The third-order valence-electron chi connectivity index (χ3n) is 4.33. The van der Waals surface area contributed by atoms with E-state index in [1.807, 2.05) is 20.8 Å². The van der Waals surface area contributed by atoms with Gasteiger partial charge in [0.15, 0.2) is 0 Å². The Labute approximate surface area is 160 Å². The largest absolute Gasteiger partial charge is 0.444 e. The van der Waals surface area contributed by atoms with Crippen LogP contribution in [0, 0.1) is 5.92 Å². The minimum Gasteiger partial charge on any atom is -0.444 e. The molecule has 1 saturated heterocycles. The monoisotopic (exact) mass is 392 g/mol. The lowest BCUT2D eigenvalue weighted by atomic mass is 9.97. The van der Waals surface area contributed by atoms with Crippen molar-refractivity contribution < 1.29 is 13.7 Å². The highest BCUT2D eigenvalue weighted by atomic mass is 32.2. The van der Waals surface area contributed by atoms with Gasteiger partial charge < -0.3 is 9.64 Å². The highest BCUT2D eigenvalue weighted by Gasteiger charge is 2.33. The molecule has 0 aromatic carbocycles. The molecule has 0 aliphatic carbocycles. The zero-order valence-corrected chi connectivity index (χ0v) is 16.8. The van der Waals surface area contributed by atoms with Crippen molar-refractivity contribution in [3.8, 4) is 0 Å². The molecule has 9 heteroatoms. The minimum atomic E-state index is -1.32. The molecule has 0 bridgehead atoms. The molecule has 3 rings (SSSR count). The summed E-state index contributed by atoms with van der Waals surface area (Å²) in [4.78, 5) is 34.3. The molecule has 1 amide bonds. The van der Waals surface area contributed by atoms with Gasteiger partial charge in [0, 0.05) is 43.5 Å². The molecule has 3 heterocycles. The van der Waals surface area contributed by atoms with Gasteiger partial charge in [0.25, 0.3) is 5.56 Å². The van der Waals surface area contributed by atoms with Crippen LogP contribution in [-0.4, -0.2) is 54.7 Å². The highest BCUT2D eigenvalue weighted by molar-refractivity contribution is 7.84. The van der Waals surface area contributed by atoms with Gasteiger partial charge in [0.05, 0.1) is 10.8 Å². The van der Waals surface area contributed by atoms with Crippen LogP contribution in [0.5, 0.6) is 0 Å². The van der Waals surface area contributed by atoms with Crippen LogP contribution in [0.4, 0.5) is 4.79 Å². The predicted molar refractivity (Wildman–Crippen MR) is 102 cm³/mol. The van der Waals surface area contributed by atoms with Crippen molar-refractivity contribution >= 4 is 27.9 Å². The minimum absolute atomic E-state index is 0.155. The molecule has 8 nitrogen and oxygen atoms in total. The molecule has 27 heavy (non-hydrogen) atoms. The lowest BCUT2D eigenvalue weighted by molar-refractivity contribution is -0.00265. The number of carbonyl (C=O) groups is 1. The Balaban J connectivity index is 1.67. The average Bonchev–Trinajstić information content (AvgIpc) is 2.52. The predicted octanol–water partition coefficient (Wildman–Crippen LogP) is 1.79. The summed E-state index contributed by atoms with van der Waals surface area (Å²) in [6.07, 6.45) is 3.53. The first-order valence-corrected chi connectivity index (χ1v) is 10.4. The molecule has 1 aliphatic rings. The van der Waals surface area contributed by atoms with Gasteiger partial charge in [-0.25, -0.2) is 14.8 Å². The zero-order valence-electron chi connectivity index (χ0n) is 16.0. The fourth-order valence-electron chi connectivity index (χ4n) is 2.95. The van der Waals surface area contributed by atoms with Gasteiger partial charge in [-0.15, -0.1) is 0 Å².